The summed E-state index contributed by atoms with van der Waals surface area (Å²) >= 11 is 0. The molecular weight excluding hydrogens is 392 g/mol. The van der Waals surface area contributed by atoms with Crippen molar-refractivity contribution in [2.45, 2.75) is 0 Å². The van der Waals surface area contributed by atoms with Gasteiger partial charge in [-0.2, -0.15) is 0 Å². The highest BCUT2D eigenvalue weighted by Gasteiger charge is 2.12. The lowest BCUT2D eigenvalue weighted by Gasteiger charge is -2.11. The molecule has 0 atom stereocenters. The summed E-state index contributed by atoms with van der Waals surface area (Å²) in [5.74, 6) is 1.21. The van der Waals surface area contributed by atoms with E-state index in [9.17, 15) is 4.79 Å². The van der Waals surface area contributed by atoms with Crippen LogP contribution in [0.25, 0.3) is 11.3 Å². The third-order valence-electron chi connectivity index (χ3n) is 4.46. The molecular formula is C23H20N6O2. The van der Waals surface area contributed by atoms with Crippen molar-refractivity contribution in [3.8, 4) is 22.9 Å². The van der Waals surface area contributed by atoms with Crippen LogP contribution < -0.4 is 21.1 Å². The Kier molecular flexibility index (Phi) is 5.70. The number of ether oxygens (including phenoxy) is 1. The molecule has 8 heteroatoms. The number of carbonyl (C=O) groups excluding carboxylic acids is 1. The van der Waals surface area contributed by atoms with Gasteiger partial charge in [-0.25, -0.2) is 15.0 Å². The molecule has 1 amide bonds. The van der Waals surface area contributed by atoms with E-state index in [1.807, 2.05) is 12.1 Å². The van der Waals surface area contributed by atoms with Gasteiger partial charge in [-0.05, 0) is 54.6 Å². The fourth-order valence-corrected chi connectivity index (χ4v) is 2.92. The number of nitrogens with two attached hydrogens (primary N) is 1. The first-order chi connectivity index (χ1) is 15.1. The summed E-state index contributed by atoms with van der Waals surface area (Å²) < 4.78 is 5.98. The molecule has 0 aliphatic heterocycles. The van der Waals surface area contributed by atoms with Crippen molar-refractivity contribution in [1.82, 2.24) is 15.0 Å². The Labute approximate surface area is 179 Å². The maximum absolute atomic E-state index is 12.4. The van der Waals surface area contributed by atoms with Gasteiger partial charge in [-0.1, -0.05) is 12.1 Å². The minimum Gasteiger partial charge on any atom is -0.438 e. The minimum absolute atomic E-state index is 0.275. The van der Waals surface area contributed by atoms with E-state index in [-0.39, 0.29) is 5.91 Å². The third kappa shape index (κ3) is 4.59. The van der Waals surface area contributed by atoms with Crippen molar-refractivity contribution < 1.29 is 9.53 Å². The second-order valence-corrected chi connectivity index (χ2v) is 6.54. The number of benzene rings is 2. The van der Waals surface area contributed by atoms with E-state index in [1.54, 1.807) is 74.0 Å². The van der Waals surface area contributed by atoms with Crippen molar-refractivity contribution in [2.24, 2.45) is 0 Å². The van der Waals surface area contributed by atoms with Crippen LogP contribution in [0.2, 0.25) is 0 Å². The molecule has 154 valence electrons. The monoisotopic (exact) mass is 412 g/mol. The summed E-state index contributed by atoms with van der Waals surface area (Å²) in [5, 5.41) is 5.74. The van der Waals surface area contributed by atoms with Crippen LogP contribution in [0.4, 0.5) is 17.3 Å². The topological polar surface area (TPSA) is 115 Å². The van der Waals surface area contributed by atoms with Crippen molar-refractivity contribution >= 4 is 23.2 Å². The van der Waals surface area contributed by atoms with E-state index >= 15 is 0 Å². The molecule has 4 N–H and O–H groups in total. The van der Waals surface area contributed by atoms with Crippen LogP contribution in [0.3, 0.4) is 0 Å². The number of nitrogens with zero attached hydrogens (tertiary/aromatic N) is 3. The van der Waals surface area contributed by atoms with Crippen LogP contribution >= 0.6 is 0 Å². The van der Waals surface area contributed by atoms with Crippen molar-refractivity contribution in [3.05, 3.63) is 84.7 Å². The summed E-state index contributed by atoms with van der Waals surface area (Å²) in [6, 6.07) is 19.4. The van der Waals surface area contributed by atoms with Crippen molar-refractivity contribution in [1.29, 1.82) is 0 Å². The van der Waals surface area contributed by atoms with E-state index in [4.69, 9.17) is 10.5 Å². The molecule has 8 nitrogen and oxygen atoms in total. The predicted molar refractivity (Wildman–Crippen MR) is 120 cm³/mol. The maximum atomic E-state index is 12.4. The highest BCUT2D eigenvalue weighted by molar-refractivity contribution is 6.07. The Morgan fingerprint density at radius 1 is 0.935 bits per heavy atom. The van der Waals surface area contributed by atoms with E-state index in [2.05, 4.69) is 25.6 Å². The second kappa shape index (κ2) is 8.91. The summed E-state index contributed by atoms with van der Waals surface area (Å²) in [6.45, 7) is 0. The molecule has 0 fully saturated rings. The molecule has 4 rings (SSSR count). The zero-order valence-corrected chi connectivity index (χ0v) is 16.7. The Bertz CT molecular complexity index is 1210. The molecule has 31 heavy (non-hydrogen) atoms. The highest BCUT2D eigenvalue weighted by Crippen LogP contribution is 2.31. The lowest BCUT2D eigenvalue weighted by molar-refractivity contribution is 0.102. The average Bonchev–Trinajstić information content (AvgIpc) is 2.81. The number of anilines is 3. The fourth-order valence-electron chi connectivity index (χ4n) is 2.92. The molecule has 0 bridgehead atoms. The minimum atomic E-state index is -0.275. The standard InChI is InChI=1S/C23H20N6O2/c1-25-23-27-14-12-20(29-23)18-6-4-13-26-22(18)31-16-10-8-15(9-11-16)28-21(30)17-5-2-3-7-19(17)24/h2-14H,24H2,1H3,(H,28,30)(H,25,27,29). The van der Waals surface area contributed by atoms with Crippen LogP contribution in [0.1, 0.15) is 10.4 Å². The van der Waals surface area contributed by atoms with Crippen LogP contribution in [-0.2, 0) is 0 Å². The lowest BCUT2D eigenvalue weighted by Crippen LogP contribution is -2.13. The number of para-hydroxylation sites is 1. The quantitative estimate of drug-likeness (QED) is 0.406. The molecule has 0 radical (unpaired) electrons. The molecule has 0 saturated heterocycles. The summed E-state index contributed by atoms with van der Waals surface area (Å²) in [5.41, 5.74) is 8.76. The first kappa shape index (κ1) is 19.8. The normalized spacial score (nSPS) is 10.4. The molecule has 0 saturated carbocycles. The number of hydrogen-bond acceptors (Lipinski definition) is 7. The highest BCUT2D eigenvalue weighted by atomic mass is 16.5. The number of pyridine rings is 1. The van der Waals surface area contributed by atoms with Gasteiger partial charge in [-0.3, -0.25) is 4.79 Å². The number of hydrogen-bond donors (Lipinski definition) is 3. The van der Waals surface area contributed by atoms with Gasteiger partial charge in [0.2, 0.25) is 11.8 Å². The number of nitrogen functional groups attached to an aromatic ring is 1. The van der Waals surface area contributed by atoms with E-state index < -0.39 is 0 Å². The zero-order chi connectivity index (χ0) is 21.6. The molecule has 2 heterocycles. The first-order valence-corrected chi connectivity index (χ1v) is 9.54. The third-order valence-corrected chi connectivity index (χ3v) is 4.46. The lowest BCUT2D eigenvalue weighted by atomic mass is 10.1. The Morgan fingerprint density at radius 3 is 2.52 bits per heavy atom. The fraction of sp³-hybridized carbons (Fsp3) is 0.0435. The smallest absolute Gasteiger partial charge is 0.257 e. The Hall–Kier alpha value is -4.46. The molecule has 0 aliphatic carbocycles. The van der Waals surface area contributed by atoms with Crippen LogP contribution in [0.5, 0.6) is 11.6 Å². The SMILES string of the molecule is CNc1nccc(-c2cccnc2Oc2ccc(NC(=O)c3ccccc3N)cc2)n1. The van der Waals surface area contributed by atoms with Crippen LogP contribution in [0, 0.1) is 0 Å². The second-order valence-electron chi connectivity index (χ2n) is 6.54. The predicted octanol–water partition coefficient (Wildman–Crippen LogP) is 4.21. The summed E-state index contributed by atoms with van der Waals surface area (Å²) in [6.07, 6.45) is 3.32. The number of carbonyl (C=O) groups is 1. The molecule has 0 aliphatic rings. The molecule has 0 spiro atoms. The molecule has 2 aromatic heterocycles. The molecule has 4 aromatic rings. The Morgan fingerprint density at radius 2 is 1.74 bits per heavy atom. The average molecular weight is 412 g/mol. The number of nitrogens with one attached hydrogen (secondary N) is 2. The van der Waals surface area contributed by atoms with Gasteiger partial charge in [0.25, 0.3) is 5.91 Å². The number of aromatic nitrogens is 3. The Balaban J connectivity index is 1.51. The van der Waals surface area contributed by atoms with Gasteiger partial charge in [0, 0.05) is 30.8 Å². The van der Waals surface area contributed by atoms with Gasteiger partial charge in [-0.15, -0.1) is 0 Å². The van der Waals surface area contributed by atoms with Gasteiger partial charge in [0.1, 0.15) is 5.75 Å². The summed E-state index contributed by atoms with van der Waals surface area (Å²) in [7, 11) is 1.76. The van der Waals surface area contributed by atoms with Gasteiger partial charge >= 0.3 is 0 Å². The van der Waals surface area contributed by atoms with Gasteiger partial charge in [0.05, 0.1) is 16.8 Å². The molecule has 2 aromatic carbocycles. The van der Waals surface area contributed by atoms with Crippen LogP contribution in [0.15, 0.2) is 79.1 Å². The zero-order valence-electron chi connectivity index (χ0n) is 16.7. The summed E-state index contributed by atoms with van der Waals surface area (Å²) in [4.78, 5) is 25.3. The van der Waals surface area contributed by atoms with Gasteiger partial charge < -0.3 is 21.1 Å². The van der Waals surface area contributed by atoms with Crippen LogP contribution in [-0.4, -0.2) is 27.9 Å². The van der Waals surface area contributed by atoms with E-state index in [0.717, 1.165) is 5.56 Å². The largest absolute Gasteiger partial charge is 0.438 e. The van der Waals surface area contributed by atoms with Gasteiger partial charge in [0.15, 0.2) is 0 Å². The first-order valence-electron chi connectivity index (χ1n) is 9.54. The molecule has 0 unspecified atom stereocenters. The van der Waals surface area contributed by atoms with E-state index in [1.165, 1.54) is 0 Å². The number of amides is 1. The maximum Gasteiger partial charge on any atom is 0.257 e. The van der Waals surface area contributed by atoms with Crippen molar-refractivity contribution in [2.75, 3.05) is 23.4 Å². The van der Waals surface area contributed by atoms with E-state index in [0.29, 0.717) is 40.2 Å². The van der Waals surface area contributed by atoms with Crippen molar-refractivity contribution in [3.63, 3.8) is 0 Å². The number of rotatable bonds is 6.